The Hall–Kier alpha value is -4.37. The molecule has 0 saturated carbocycles. The highest BCUT2D eigenvalue weighted by molar-refractivity contribution is 5.92. The highest BCUT2D eigenvalue weighted by Gasteiger charge is 2.12. The summed E-state index contributed by atoms with van der Waals surface area (Å²) in [6.07, 6.45) is 6.46. The van der Waals surface area contributed by atoms with Crippen LogP contribution in [-0.4, -0.2) is 11.1 Å². The minimum atomic E-state index is -0.865. The molecule has 186 valence electrons. The van der Waals surface area contributed by atoms with E-state index in [1.165, 1.54) is 11.1 Å². The molecule has 0 spiro atoms. The molecule has 0 radical (unpaired) electrons. The molecular formula is C34H33NO2. The summed E-state index contributed by atoms with van der Waals surface area (Å²) in [6, 6.07) is 31.8. The summed E-state index contributed by atoms with van der Waals surface area (Å²) in [4.78, 5) is 13.6. The maximum atomic E-state index is 11.3. The predicted octanol–water partition coefficient (Wildman–Crippen LogP) is 9.13. The quantitative estimate of drug-likeness (QED) is 0.199. The first kappa shape index (κ1) is 25.7. The largest absolute Gasteiger partial charge is 0.478 e. The number of carboxylic acids is 1. The Morgan fingerprint density at radius 3 is 1.65 bits per heavy atom. The van der Waals surface area contributed by atoms with Gasteiger partial charge in [-0.2, -0.15) is 0 Å². The van der Waals surface area contributed by atoms with Crippen molar-refractivity contribution in [2.45, 2.75) is 34.1 Å². The predicted molar refractivity (Wildman–Crippen MR) is 157 cm³/mol. The molecule has 0 fully saturated rings. The number of benzene rings is 4. The number of anilines is 3. The van der Waals surface area contributed by atoms with Gasteiger partial charge < -0.3 is 10.0 Å². The second-order valence-corrected chi connectivity index (χ2v) is 9.38. The van der Waals surface area contributed by atoms with Gasteiger partial charge in [0.25, 0.3) is 0 Å². The number of rotatable bonds is 8. The first-order valence-electron chi connectivity index (χ1n) is 12.6. The number of hydrogen-bond donors (Lipinski definition) is 1. The van der Waals surface area contributed by atoms with Crippen molar-refractivity contribution in [3.05, 3.63) is 130 Å². The normalized spacial score (nSPS) is 11.6. The van der Waals surface area contributed by atoms with E-state index in [1.807, 2.05) is 32.0 Å². The van der Waals surface area contributed by atoms with E-state index in [2.05, 4.69) is 104 Å². The Kier molecular flexibility index (Phi) is 8.05. The van der Waals surface area contributed by atoms with Crippen LogP contribution in [-0.2, 0) is 4.79 Å². The Labute approximate surface area is 220 Å². The molecule has 0 aliphatic heterocycles. The molecule has 4 aromatic carbocycles. The van der Waals surface area contributed by atoms with E-state index in [9.17, 15) is 9.90 Å². The van der Waals surface area contributed by atoms with Gasteiger partial charge in [-0.05, 0) is 91.9 Å². The first-order valence-corrected chi connectivity index (χ1v) is 12.6. The number of aryl methyl sites for hydroxylation is 3. The van der Waals surface area contributed by atoms with E-state index in [4.69, 9.17) is 0 Å². The van der Waals surface area contributed by atoms with Crippen LogP contribution >= 0.6 is 0 Å². The molecule has 0 aromatic heterocycles. The third-order valence-corrected chi connectivity index (χ3v) is 6.48. The number of aliphatic carboxylic acids is 1. The van der Waals surface area contributed by atoms with Gasteiger partial charge in [-0.25, -0.2) is 4.79 Å². The molecule has 0 heterocycles. The third-order valence-electron chi connectivity index (χ3n) is 6.48. The van der Waals surface area contributed by atoms with E-state index in [0.717, 1.165) is 39.3 Å². The molecule has 37 heavy (non-hydrogen) atoms. The second-order valence-electron chi connectivity index (χ2n) is 9.38. The maximum Gasteiger partial charge on any atom is 0.331 e. The molecule has 0 bridgehead atoms. The molecule has 0 atom stereocenters. The van der Waals surface area contributed by atoms with Crippen LogP contribution in [0.3, 0.4) is 0 Å². The summed E-state index contributed by atoms with van der Waals surface area (Å²) in [5.41, 5.74) is 10.5. The molecule has 4 aromatic rings. The van der Waals surface area contributed by atoms with Crippen LogP contribution in [0, 0.1) is 20.8 Å². The summed E-state index contributed by atoms with van der Waals surface area (Å²) in [5.74, 6) is -0.865. The molecule has 0 aliphatic rings. The Morgan fingerprint density at radius 2 is 1.19 bits per heavy atom. The lowest BCUT2D eigenvalue weighted by Crippen LogP contribution is -2.09. The fraction of sp³-hybridized carbons (Fsp3) is 0.147. The van der Waals surface area contributed by atoms with Crippen molar-refractivity contribution < 1.29 is 9.90 Å². The van der Waals surface area contributed by atoms with Crippen LogP contribution in [0.15, 0.2) is 96.6 Å². The topological polar surface area (TPSA) is 40.5 Å². The summed E-state index contributed by atoms with van der Waals surface area (Å²) < 4.78 is 0. The van der Waals surface area contributed by atoms with Crippen molar-refractivity contribution in [1.82, 2.24) is 0 Å². The Bertz CT molecular complexity index is 1380. The molecule has 4 rings (SSSR count). The van der Waals surface area contributed by atoms with Gasteiger partial charge in [0.15, 0.2) is 0 Å². The maximum absolute atomic E-state index is 11.3. The van der Waals surface area contributed by atoms with Crippen molar-refractivity contribution in [2.24, 2.45) is 0 Å². The number of carbonyl (C=O) groups is 1. The molecule has 0 amide bonds. The molecule has 3 nitrogen and oxygen atoms in total. The zero-order valence-electron chi connectivity index (χ0n) is 21.9. The lowest BCUT2D eigenvalue weighted by atomic mass is 10.0. The van der Waals surface area contributed by atoms with E-state index in [1.54, 1.807) is 6.08 Å². The molecular weight excluding hydrogens is 454 g/mol. The van der Waals surface area contributed by atoms with Gasteiger partial charge >= 0.3 is 5.97 Å². The zero-order valence-corrected chi connectivity index (χ0v) is 21.9. The summed E-state index contributed by atoms with van der Waals surface area (Å²) in [7, 11) is 0. The highest BCUT2D eigenvalue weighted by atomic mass is 16.4. The van der Waals surface area contributed by atoms with E-state index in [-0.39, 0.29) is 0 Å². The molecule has 1 N–H and O–H groups in total. The SMILES string of the molecule is CCC(=Cc1ccc(C=Cc2ccc(N(c3ccc(C)cc3)c3ccc(C)cc3)cc2)c(C)c1)C(=O)O. The minimum absolute atomic E-state index is 0.410. The summed E-state index contributed by atoms with van der Waals surface area (Å²) >= 11 is 0. The van der Waals surface area contributed by atoms with Crippen molar-refractivity contribution in [3.63, 3.8) is 0 Å². The molecule has 3 heteroatoms. The lowest BCUT2D eigenvalue weighted by molar-refractivity contribution is -0.132. The first-order chi connectivity index (χ1) is 17.8. The highest BCUT2D eigenvalue weighted by Crippen LogP contribution is 2.35. The van der Waals surface area contributed by atoms with Crippen LogP contribution in [0.4, 0.5) is 17.1 Å². The molecule has 0 aliphatic carbocycles. The Morgan fingerprint density at radius 1 is 0.703 bits per heavy atom. The monoisotopic (exact) mass is 487 g/mol. The van der Waals surface area contributed by atoms with E-state index in [0.29, 0.717) is 12.0 Å². The second kappa shape index (κ2) is 11.6. The van der Waals surface area contributed by atoms with Gasteiger partial charge in [-0.1, -0.05) is 84.8 Å². The summed E-state index contributed by atoms with van der Waals surface area (Å²) in [6.45, 7) is 8.11. The van der Waals surface area contributed by atoms with Crippen molar-refractivity contribution in [1.29, 1.82) is 0 Å². The van der Waals surface area contributed by atoms with Gasteiger partial charge in [-0.15, -0.1) is 0 Å². The van der Waals surface area contributed by atoms with Gasteiger partial charge in [0.1, 0.15) is 0 Å². The van der Waals surface area contributed by atoms with Gasteiger partial charge in [0.05, 0.1) is 0 Å². The van der Waals surface area contributed by atoms with E-state index < -0.39 is 5.97 Å². The fourth-order valence-electron chi connectivity index (χ4n) is 4.25. The van der Waals surface area contributed by atoms with Crippen LogP contribution in [0.5, 0.6) is 0 Å². The van der Waals surface area contributed by atoms with Crippen LogP contribution < -0.4 is 4.90 Å². The zero-order chi connectivity index (χ0) is 26.4. The van der Waals surface area contributed by atoms with Crippen LogP contribution in [0.2, 0.25) is 0 Å². The third kappa shape index (κ3) is 6.45. The summed E-state index contributed by atoms with van der Waals surface area (Å²) in [5, 5.41) is 9.29. The van der Waals surface area contributed by atoms with Gasteiger partial charge in [-0.3, -0.25) is 0 Å². The number of hydrogen-bond acceptors (Lipinski definition) is 2. The minimum Gasteiger partial charge on any atom is -0.478 e. The number of nitrogens with zero attached hydrogens (tertiary/aromatic N) is 1. The average molecular weight is 488 g/mol. The van der Waals surface area contributed by atoms with Crippen molar-refractivity contribution >= 4 is 41.3 Å². The average Bonchev–Trinajstić information content (AvgIpc) is 2.89. The van der Waals surface area contributed by atoms with Crippen molar-refractivity contribution in [3.8, 4) is 0 Å². The standard InChI is InChI=1S/C34H33NO2/c1-5-29(34(36)37)23-28-11-15-30(26(4)22-28)14-10-27-12-20-33(21-13-27)35(31-16-6-24(2)7-17-31)32-18-8-25(3)9-19-32/h6-23H,5H2,1-4H3,(H,36,37). The van der Waals surface area contributed by atoms with Crippen molar-refractivity contribution in [2.75, 3.05) is 4.90 Å². The van der Waals surface area contributed by atoms with Crippen LogP contribution in [0.25, 0.3) is 18.2 Å². The lowest BCUT2D eigenvalue weighted by Gasteiger charge is -2.25. The van der Waals surface area contributed by atoms with E-state index >= 15 is 0 Å². The molecule has 0 saturated heterocycles. The fourth-order valence-corrected chi connectivity index (χ4v) is 4.25. The Balaban J connectivity index is 1.58. The van der Waals surface area contributed by atoms with Gasteiger partial charge in [0, 0.05) is 22.6 Å². The number of carboxylic acid groups (broad SMARTS) is 1. The van der Waals surface area contributed by atoms with Crippen LogP contribution in [0.1, 0.15) is 46.7 Å². The van der Waals surface area contributed by atoms with Gasteiger partial charge in [0.2, 0.25) is 0 Å². The smallest absolute Gasteiger partial charge is 0.331 e. The molecule has 0 unspecified atom stereocenters.